The van der Waals surface area contributed by atoms with Gasteiger partial charge in [-0.3, -0.25) is 5.32 Å². The van der Waals surface area contributed by atoms with Gasteiger partial charge in [-0.25, -0.2) is 14.8 Å². The van der Waals surface area contributed by atoms with E-state index in [9.17, 15) is 4.79 Å². The fraction of sp³-hybridized carbons (Fsp3) is 0.375. The maximum atomic E-state index is 12.2. The maximum absolute atomic E-state index is 12.2. The third-order valence-electron chi connectivity index (χ3n) is 6.03. The molecule has 2 N–H and O–H groups in total. The van der Waals surface area contributed by atoms with E-state index in [1.165, 1.54) is 22.5 Å². The standard InChI is InChI=1S/C24H27N7O3S/c1-5-31-12-25-20-18(31)21(27-17-10-8-14-7-9-15(33-4)11-16(14)17)29-23(28-20)30-24-26-13(3)19(35-24)22(32)34-6-2/h7,9,11-12,17H,5-6,8,10H2,1-4H3,(H2,26,27,28,29,30). The van der Waals surface area contributed by atoms with Crippen LogP contribution in [0.4, 0.5) is 16.9 Å². The first-order valence-corrected chi connectivity index (χ1v) is 12.4. The second-order valence-corrected chi connectivity index (χ2v) is 9.18. The summed E-state index contributed by atoms with van der Waals surface area (Å²) in [6.45, 7) is 6.66. The number of nitrogens with one attached hydrogen (secondary N) is 2. The predicted molar refractivity (Wildman–Crippen MR) is 135 cm³/mol. The smallest absolute Gasteiger partial charge is 0.350 e. The van der Waals surface area contributed by atoms with Crippen molar-refractivity contribution in [1.82, 2.24) is 24.5 Å². The Balaban J connectivity index is 1.49. The molecule has 182 valence electrons. The zero-order chi connectivity index (χ0) is 24.5. The van der Waals surface area contributed by atoms with Crippen LogP contribution in [0.25, 0.3) is 11.2 Å². The number of benzene rings is 1. The molecule has 1 aliphatic carbocycles. The number of imidazole rings is 1. The van der Waals surface area contributed by atoms with Crippen molar-refractivity contribution >= 4 is 45.4 Å². The van der Waals surface area contributed by atoms with Gasteiger partial charge in [0.2, 0.25) is 5.95 Å². The van der Waals surface area contributed by atoms with Crippen LogP contribution >= 0.6 is 11.3 Å². The van der Waals surface area contributed by atoms with E-state index in [0.29, 0.717) is 39.7 Å². The van der Waals surface area contributed by atoms with Crippen LogP contribution in [-0.4, -0.2) is 44.2 Å². The van der Waals surface area contributed by atoms with E-state index in [1.54, 1.807) is 27.3 Å². The molecule has 0 saturated heterocycles. The van der Waals surface area contributed by atoms with Crippen LogP contribution in [-0.2, 0) is 17.7 Å². The summed E-state index contributed by atoms with van der Waals surface area (Å²) >= 11 is 1.21. The fourth-order valence-corrected chi connectivity index (χ4v) is 5.18. The molecular weight excluding hydrogens is 466 g/mol. The first-order chi connectivity index (χ1) is 17.0. The van der Waals surface area contributed by atoms with Crippen molar-refractivity contribution < 1.29 is 14.3 Å². The van der Waals surface area contributed by atoms with Crippen LogP contribution in [0, 0.1) is 6.92 Å². The minimum absolute atomic E-state index is 0.0868. The number of carbonyl (C=O) groups excluding carboxylic acids is 1. The topological polar surface area (TPSA) is 116 Å². The highest BCUT2D eigenvalue weighted by molar-refractivity contribution is 7.17. The number of esters is 1. The molecule has 10 nitrogen and oxygen atoms in total. The molecule has 1 aromatic carbocycles. The molecule has 1 unspecified atom stereocenters. The second-order valence-electron chi connectivity index (χ2n) is 8.18. The van der Waals surface area contributed by atoms with Crippen molar-refractivity contribution in [2.75, 3.05) is 24.4 Å². The summed E-state index contributed by atoms with van der Waals surface area (Å²) < 4.78 is 12.6. The Bertz CT molecular complexity index is 1400. The lowest BCUT2D eigenvalue weighted by atomic mass is 10.1. The number of methoxy groups -OCH3 is 1. The van der Waals surface area contributed by atoms with Gasteiger partial charge in [0.15, 0.2) is 16.6 Å². The van der Waals surface area contributed by atoms with Crippen LogP contribution in [0.5, 0.6) is 5.75 Å². The number of nitrogens with zero attached hydrogens (tertiary/aromatic N) is 5. The Hall–Kier alpha value is -3.73. The van der Waals surface area contributed by atoms with E-state index in [2.05, 4.69) is 44.6 Å². The summed E-state index contributed by atoms with van der Waals surface area (Å²) in [6, 6.07) is 6.30. The Morgan fingerprint density at radius 2 is 2.11 bits per heavy atom. The van der Waals surface area contributed by atoms with Gasteiger partial charge < -0.3 is 19.4 Å². The maximum Gasteiger partial charge on any atom is 0.350 e. The first-order valence-electron chi connectivity index (χ1n) is 11.6. The normalized spacial score (nSPS) is 14.7. The van der Waals surface area contributed by atoms with E-state index in [0.717, 1.165) is 30.7 Å². The number of rotatable bonds is 8. The molecule has 0 aliphatic heterocycles. The third-order valence-corrected chi connectivity index (χ3v) is 7.08. The number of ether oxygens (including phenoxy) is 2. The van der Waals surface area contributed by atoms with E-state index in [-0.39, 0.29) is 12.0 Å². The van der Waals surface area contributed by atoms with Gasteiger partial charge in [-0.15, -0.1) is 0 Å². The summed E-state index contributed by atoms with van der Waals surface area (Å²) in [5.74, 6) is 1.50. The van der Waals surface area contributed by atoms with E-state index in [4.69, 9.17) is 14.5 Å². The van der Waals surface area contributed by atoms with Gasteiger partial charge >= 0.3 is 5.97 Å². The highest BCUT2D eigenvalue weighted by atomic mass is 32.1. The van der Waals surface area contributed by atoms with E-state index in [1.807, 2.05) is 10.6 Å². The van der Waals surface area contributed by atoms with Crippen LogP contribution in [0.15, 0.2) is 24.5 Å². The molecule has 0 saturated carbocycles. The minimum Gasteiger partial charge on any atom is -0.497 e. The quantitative estimate of drug-likeness (QED) is 0.339. The van der Waals surface area contributed by atoms with Gasteiger partial charge in [0, 0.05) is 6.54 Å². The van der Waals surface area contributed by atoms with Crippen molar-refractivity contribution in [2.24, 2.45) is 0 Å². The first kappa shape index (κ1) is 23.0. The van der Waals surface area contributed by atoms with E-state index < -0.39 is 0 Å². The Kier molecular flexibility index (Phi) is 6.25. The SMILES string of the molecule is CCOC(=O)c1sc(Nc2nc(NC3CCc4ccc(OC)cc43)c3c(ncn3CC)n2)nc1C. The molecule has 0 fully saturated rings. The fourth-order valence-electron chi connectivity index (χ4n) is 4.33. The Morgan fingerprint density at radius 3 is 2.89 bits per heavy atom. The second kappa shape index (κ2) is 9.49. The van der Waals surface area contributed by atoms with Crippen LogP contribution in [0.2, 0.25) is 0 Å². The van der Waals surface area contributed by atoms with Crippen LogP contribution in [0.1, 0.15) is 52.8 Å². The number of hydrogen-bond donors (Lipinski definition) is 2. The zero-order valence-electron chi connectivity index (χ0n) is 20.1. The summed E-state index contributed by atoms with van der Waals surface area (Å²) in [5, 5.41) is 7.30. The summed E-state index contributed by atoms with van der Waals surface area (Å²) in [7, 11) is 1.68. The zero-order valence-corrected chi connectivity index (χ0v) is 20.9. The predicted octanol–water partition coefficient (Wildman–Crippen LogP) is 4.64. The monoisotopic (exact) mass is 493 g/mol. The molecule has 1 aliphatic rings. The van der Waals surface area contributed by atoms with Crippen molar-refractivity contribution in [3.8, 4) is 5.75 Å². The lowest BCUT2D eigenvalue weighted by molar-refractivity contribution is 0.0531. The molecule has 3 heterocycles. The van der Waals surface area contributed by atoms with Crippen molar-refractivity contribution in [3.05, 3.63) is 46.2 Å². The number of thiazole rings is 1. The Labute approximate surface area is 206 Å². The molecule has 11 heteroatoms. The number of carbonyl (C=O) groups is 1. The highest BCUT2D eigenvalue weighted by Gasteiger charge is 2.25. The van der Waals surface area contributed by atoms with Crippen molar-refractivity contribution in [3.63, 3.8) is 0 Å². The number of hydrogen-bond acceptors (Lipinski definition) is 10. The van der Waals surface area contributed by atoms with Gasteiger partial charge in [0.1, 0.15) is 16.1 Å². The lowest BCUT2D eigenvalue weighted by Crippen LogP contribution is -2.12. The Morgan fingerprint density at radius 1 is 1.26 bits per heavy atom. The van der Waals surface area contributed by atoms with E-state index >= 15 is 0 Å². The van der Waals surface area contributed by atoms with Crippen LogP contribution in [0.3, 0.4) is 0 Å². The van der Waals surface area contributed by atoms with Crippen LogP contribution < -0.4 is 15.4 Å². The van der Waals surface area contributed by atoms with Crippen molar-refractivity contribution in [1.29, 1.82) is 0 Å². The molecule has 0 bridgehead atoms. The third kappa shape index (κ3) is 4.39. The molecule has 35 heavy (non-hydrogen) atoms. The van der Waals surface area contributed by atoms with Gasteiger partial charge in [-0.2, -0.15) is 9.97 Å². The van der Waals surface area contributed by atoms with Gasteiger partial charge in [0.05, 0.1) is 31.8 Å². The summed E-state index contributed by atoms with van der Waals surface area (Å²) in [5.41, 5.74) is 4.54. The molecule has 1 atom stereocenters. The molecule has 0 radical (unpaired) electrons. The van der Waals surface area contributed by atoms with Gasteiger partial charge in [-0.05, 0) is 56.9 Å². The number of fused-ring (bicyclic) bond motifs is 2. The number of anilines is 3. The molecule has 5 rings (SSSR count). The molecule has 3 aromatic heterocycles. The lowest BCUT2D eigenvalue weighted by Gasteiger charge is -2.17. The van der Waals surface area contributed by atoms with Gasteiger partial charge in [-0.1, -0.05) is 17.4 Å². The van der Waals surface area contributed by atoms with Crippen molar-refractivity contribution in [2.45, 2.75) is 46.2 Å². The largest absolute Gasteiger partial charge is 0.497 e. The van der Waals surface area contributed by atoms with Gasteiger partial charge in [0.25, 0.3) is 0 Å². The molecular formula is C24H27N7O3S. The number of aromatic nitrogens is 5. The highest BCUT2D eigenvalue weighted by Crippen LogP contribution is 2.37. The molecule has 4 aromatic rings. The molecule has 0 spiro atoms. The minimum atomic E-state index is -0.383. The average molecular weight is 494 g/mol. The molecule has 0 amide bonds. The average Bonchev–Trinajstić information content (AvgIpc) is 3.55. The number of aryl methyl sites for hydroxylation is 3. The summed E-state index contributed by atoms with van der Waals surface area (Å²) in [4.78, 5) is 31.0. The summed E-state index contributed by atoms with van der Waals surface area (Å²) in [6.07, 6.45) is 3.70.